The first-order chi connectivity index (χ1) is 4.43. The van der Waals surface area contributed by atoms with Crippen LogP contribution >= 0.6 is 0 Å². The average molecular weight is 121 g/mol. The van der Waals surface area contributed by atoms with Gasteiger partial charge >= 0.3 is 0 Å². The molecule has 1 rings (SSSR count). The van der Waals surface area contributed by atoms with Gasteiger partial charge in [-0.15, -0.1) is 0 Å². The third-order valence-corrected chi connectivity index (χ3v) is 1.62. The highest BCUT2D eigenvalue weighted by Gasteiger charge is 1.96. The second-order valence-electron chi connectivity index (χ2n) is 2.48. The van der Waals surface area contributed by atoms with Gasteiger partial charge in [0.15, 0.2) is 0 Å². The van der Waals surface area contributed by atoms with E-state index < -0.39 is 0 Å². The Hall–Kier alpha value is -0.520. The van der Waals surface area contributed by atoms with Gasteiger partial charge in [-0.05, 0) is 25.3 Å². The third-order valence-electron chi connectivity index (χ3n) is 1.62. The molecule has 0 aromatic heterocycles. The molecule has 0 unspecified atom stereocenters. The Morgan fingerprint density at radius 1 is 1.67 bits per heavy atom. The van der Waals surface area contributed by atoms with Crippen molar-refractivity contribution in [3.05, 3.63) is 23.8 Å². The topological polar surface area (TPSA) is 0 Å². The largest absolute Gasteiger partial charge is 0.0658 e. The van der Waals surface area contributed by atoms with Crippen molar-refractivity contribution < 1.29 is 0 Å². The molecule has 0 bridgehead atoms. The predicted octanol–water partition coefficient (Wildman–Crippen LogP) is 2.87. The van der Waals surface area contributed by atoms with Gasteiger partial charge in [0, 0.05) is 0 Å². The quantitative estimate of drug-likeness (QED) is 0.538. The summed E-state index contributed by atoms with van der Waals surface area (Å²) in [6.07, 6.45) is 12.4. The maximum atomic E-state index is 3.16. The molecule has 0 heteroatoms. The van der Waals surface area contributed by atoms with Gasteiger partial charge in [-0.1, -0.05) is 31.1 Å². The van der Waals surface area contributed by atoms with Crippen LogP contribution in [0.2, 0.25) is 0 Å². The fourth-order valence-corrected chi connectivity index (χ4v) is 1.00. The van der Waals surface area contributed by atoms with Crippen LogP contribution in [0.3, 0.4) is 0 Å². The first kappa shape index (κ1) is 6.60. The van der Waals surface area contributed by atoms with Crippen molar-refractivity contribution in [2.75, 3.05) is 0 Å². The molecule has 0 amide bonds. The van der Waals surface area contributed by atoms with Crippen molar-refractivity contribution in [1.82, 2.24) is 0 Å². The second-order valence-corrected chi connectivity index (χ2v) is 2.48. The van der Waals surface area contributed by atoms with Crippen molar-refractivity contribution in [1.29, 1.82) is 0 Å². The summed E-state index contributed by atoms with van der Waals surface area (Å²) in [5.41, 5.74) is 1.55. The lowest BCUT2D eigenvalue weighted by molar-refractivity contribution is 0.777. The highest BCUT2D eigenvalue weighted by molar-refractivity contribution is 5.19. The molecule has 9 heavy (non-hydrogen) atoms. The number of hydrogen-bond acceptors (Lipinski definition) is 0. The van der Waals surface area contributed by atoms with Crippen molar-refractivity contribution in [3.63, 3.8) is 0 Å². The summed E-state index contributed by atoms with van der Waals surface area (Å²) in [6.45, 7) is 2.23. The van der Waals surface area contributed by atoms with Crippen LogP contribution in [0.4, 0.5) is 0 Å². The molecule has 0 spiro atoms. The summed E-state index contributed by atoms with van der Waals surface area (Å²) in [7, 11) is 0. The zero-order valence-corrected chi connectivity index (χ0v) is 5.98. The summed E-state index contributed by atoms with van der Waals surface area (Å²) < 4.78 is 0. The van der Waals surface area contributed by atoms with Crippen LogP contribution < -0.4 is 0 Å². The van der Waals surface area contributed by atoms with Gasteiger partial charge in [-0.3, -0.25) is 0 Å². The van der Waals surface area contributed by atoms with E-state index in [-0.39, 0.29) is 0 Å². The minimum atomic E-state index is 1.08. The molecule has 0 saturated heterocycles. The van der Waals surface area contributed by atoms with E-state index >= 15 is 0 Å². The van der Waals surface area contributed by atoms with Crippen LogP contribution in [-0.2, 0) is 0 Å². The predicted molar refractivity (Wildman–Crippen MR) is 40.0 cm³/mol. The Bertz CT molecular complexity index is 129. The molecule has 0 nitrogen and oxygen atoms in total. The minimum absolute atomic E-state index is 1.08. The number of allylic oxidation sites excluding steroid dienone is 4. The summed E-state index contributed by atoms with van der Waals surface area (Å²) in [4.78, 5) is 0. The molecule has 0 atom stereocenters. The highest BCUT2D eigenvalue weighted by Crippen LogP contribution is 2.15. The molecule has 0 aromatic rings. The van der Waals surface area contributed by atoms with Crippen LogP contribution in [0.25, 0.3) is 0 Å². The van der Waals surface area contributed by atoms with Gasteiger partial charge in [0.1, 0.15) is 0 Å². The van der Waals surface area contributed by atoms with E-state index in [0.29, 0.717) is 0 Å². The van der Waals surface area contributed by atoms with Crippen LogP contribution in [0.1, 0.15) is 32.6 Å². The monoisotopic (exact) mass is 121 g/mol. The van der Waals surface area contributed by atoms with E-state index in [4.69, 9.17) is 0 Å². The van der Waals surface area contributed by atoms with Crippen molar-refractivity contribution in [2.24, 2.45) is 0 Å². The van der Waals surface area contributed by atoms with E-state index in [9.17, 15) is 0 Å². The molecule has 1 aliphatic carbocycles. The fraction of sp³-hybridized carbons (Fsp3) is 0.556. The van der Waals surface area contributed by atoms with Crippen LogP contribution in [-0.4, -0.2) is 0 Å². The molecule has 49 valence electrons. The Labute approximate surface area is 57.3 Å². The zero-order chi connectivity index (χ0) is 6.53. The van der Waals surface area contributed by atoms with Gasteiger partial charge in [0.2, 0.25) is 0 Å². The van der Waals surface area contributed by atoms with Gasteiger partial charge in [0.05, 0.1) is 0 Å². The first-order valence-electron chi connectivity index (χ1n) is 3.68. The van der Waals surface area contributed by atoms with E-state index in [1.54, 1.807) is 5.57 Å². The molecule has 0 aromatic carbocycles. The van der Waals surface area contributed by atoms with E-state index in [1.165, 1.54) is 19.3 Å². The van der Waals surface area contributed by atoms with Crippen molar-refractivity contribution >= 4 is 0 Å². The molecule has 0 saturated carbocycles. The lowest BCUT2D eigenvalue weighted by Crippen LogP contribution is -1.77. The number of rotatable bonds is 3. The number of unbranched alkanes of at least 4 members (excludes halogenated alkanes) is 1. The van der Waals surface area contributed by atoms with E-state index in [0.717, 1.165) is 6.42 Å². The molecule has 1 radical (unpaired) electrons. The minimum Gasteiger partial charge on any atom is -0.0658 e. The molecule has 1 aliphatic rings. The van der Waals surface area contributed by atoms with E-state index in [1.807, 2.05) is 6.08 Å². The normalized spacial score (nSPS) is 16.3. The molecule has 0 heterocycles. The number of hydrogen-bond donors (Lipinski definition) is 0. The Morgan fingerprint density at radius 2 is 2.56 bits per heavy atom. The van der Waals surface area contributed by atoms with Crippen LogP contribution in [0, 0.1) is 6.08 Å². The smallest absolute Gasteiger partial charge is 0.00611 e. The molecular formula is C9H13. The fourth-order valence-electron chi connectivity index (χ4n) is 1.00. The summed E-state index contributed by atoms with van der Waals surface area (Å²) in [5.74, 6) is 0. The van der Waals surface area contributed by atoms with Crippen molar-refractivity contribution in [3.8, 4) is 0 Å². The zero-order valence-electron chi connectivity index (χ0n) is 5.98. The summed E-state index contributed by atoms with van der Waals surface area (Å²) >= 11 is 0. The van der Waals surface area contributed by atoms with Gasteiger partial charge in [-0.2, -0.15) is 0 Å². The first-order valence-corrected chi connectivity index (χ1v) is 3.68. The van der Waals surface area contributed by atoms with Gasteiger partial charge in [-0.25, -0.2) is 0 Å². The van der Waals surface area contributed by atoms with Gasteiger partial charge < -0.3 is 0 Å². The second kappa shape index (κ2) is 3.49. The maximum Gasteiger partial charge on any atom is -0.00611 e. The molecule has 0 N–H and O–H groups in total. The SMILES string of the molecule is CCCCC1=CC=[C]C1. The lowest BCUT2D eigenvalue weighted by atomic mass is 10.1. The van der Waals surface area contributed by atoms with Gasteiger partial charge in [0.25, 0.3) is 0 Å². The molecule has 0 aliphatic heterocycles. The van der Waals surface area contributed by atoms with Crippen LogP contribution in [0.15, 0.2) is 17.7 Å². The molecular weight excluding hydrogens is 108 g/mol. The Balaban J connectivity index is 2.14. The average Bonchev–Trinajstić information content (AvgIpc) is 2.34. The summed E-state index contributed by atoms with van der Waals surface area (Å²) in [5, 5.41) is 0. The summed E-state index contributed by atoms with van der Waals surface area (Å²) in [6, 6.07) is 0. The van der Waals surface area contributed by atoms with Crippen molar-refractivity contribution in [2.45, 2.75) is 32.6 Å². The Kier molecular flexibility index (Phi) is 2.56. The highest BCUT2D eigenvalue weighted by atomic mass is 14.0. The third kappa shape index (κ3) is 2.05. The molecule has 0 fully saturated rings. The Morgan fingerprint density at radius 3 is 3.11 bits per heavy atom. The maximum absolute atomic E-state index is 3.16. The van der Waals surface area contributed by atoms with Crippen LogP contribution in [0.5, 0.6) is 0 Å². The van der Waals surface area contributed by atoms with E-state index in [2.05, 4.69) is 19.1 Å². The lowest BCUT2D eigenvalue weighted by Gasteiger charge is -1.96. The standard InChI is InChI=1S/C9H13/c1-2-3-6-9-7-4-5-8-9/h4,7H,2-3,6,8H2,1H3.